The minimum atomic E-state index is -0.699. The molecule has 0 aliphatic carbocycles. The Balaban J connectivity index is 3.69. The van der Waals surface area contributed by atoms with Crippen LogP contribution in [0.4, 0.5) is 0 Å². The molecule has 0 heterocycles. The van der Waals surface area contributed by atoms with Crippen LogP contribution in [0, 0.1) is 0 Å². The lowest BCUT2D eigenvalue weighted by atomic mass is 10.0. The molecule has 0 aromatic heterocycles. The first kappa shape index (κ1) is 36.2. The number of allylic oxidation sites excluding steroid dienone is 6. The maximum Gasteiger partial charge on any atom is 0.306 e. The van der Waals surface area contributed by atoms with Crippen LogP contribution in [0.1, 0.15) is 162 Å². The highest BCUT2D eigenvalue weighted by atomic mass is 16.5. The molecular weight excluding hydrogens is 472 g/mol. The summed E-state index contributed by atoms with van der Waals surface area (Å²) in [4.78, 5) is 22.9. The van der Waals surface area contributed by atoms with E-state index in [9.17, 15) is 9.59 Å². The van der Waals surface area contributed by atoms with Crippen molar-refractivity contribution in [2.45, 2.75) is 168 Å². The number of rotatable bonds is 28. The van der Waals surface area contributed by atoms with E-state index in [4.69, 9.17) is 9.84 Å². The summed E-state index contributed by atoms with van der Waals surface area (Å²) in [6.07, 6.45) is 37.6. The van der Waals surface area contributed by atoms with Gasteiger partial charge in [0.25, 0.3) is 0 Å². The third kappa shape index (κ3) is 28.7. The summed E-state index contributed by atoms with van der Waals surface area (Å²) in [5.41, 5.74) is 0. The second kappa shape index (κ2) is 29.7. The molecule has 0 fully saturated rings. The van der Waals surface area contributed by atoms with E-state index in [2.05, 4.69) is 50.3 Å². The Morgan fingerprint density at radius 3 is 1.71 bits per heavy atom. The van der Waals surface area contributed by atoms with E-state index >= 15 is 0 Å². The van der Waals surface area contributed by atoms with Gasteiger partial charge in [-0.2, -0.15) is 0 Å². The Morgan fingerprint density at radius 2 is 1.11 bits per heavy atom. The summed E-state index contributed by atoms with van der Waals surface area (Å²) >= 11 is 0. The van der Waals surface area contributed by atoms with E-state index in [0.717, 1.165) is 96.3 Å². The van der Waals surface area contributed by atoms with Crippen LogP contribution in [0.3, 0.4) is 0 Å². The predicted molar refractivity (Wildman–Crippen MR) is 162 cm³/mol. The molecule has 1 atom stereocenters. The molecule has 0 amide bonds. The summed E-state index contributed by atoms with van der Waals surface area (Å²) in [7, 11) is 0. The van der Waals surface area contributed by atoms with Crippen LogP contribution in [0.2, 0.25) is 0 Å². The monoisotopic (exact) mass is 532 g/mol. The normalized spacial score (nSPS) is 12.7. The second-order valence-electron chi connectivity index (χ2n) is 10.6. The maximum atomic E-state index is 12.4. The third-order valence-electron chi connectivity index (χ3n) is 6.88. The lowest BCUT2D eigenvalue weighted by molar-refractivity contribution is -0.150. The van der Waals surface area contributed by atoms with Gasteiger partial charge in [-0.1, -0.05) is 121 Å². The molecule has 0 aliphatic rings. The minimum Gasteiger partial charge on any atom is -0.481 e. The molecule has 38 heavy (non-hydrogen) atoms. The topological polar surface area (TPSA) is 63.6 Å². The van der Waals surface area contributed by atoms with Gasteiger partial charge < -0.3 is 9.84 Å². The fourth-order valence-corrected chi connectivity index (χ4v) is 4.54. The number of esters is 1. The van der Waals surface area contributed by atoms with Crippen molar-refractivity contribution in [3.8, 4) is 0 Å². The zero-order valence-electron chi connectivity index (χ0n) is 25.0. The van der Waals surface area contributed by atoms with Crippen LogP contribution in [-0.2, 0) is 14.3 Å². The molecule has 0 aromatic carbocycles. The van der Waals surface area contributed by atoms with Gasteiger partial charge in [0.2, 0.25) is 0 Å². The number of unbranched alkanes of at least 4 members (excludes halogenated alkanes) is 13. The average molecular weight is 533 g/mol. The van der Waals surface area contributed by atoms with Gasteiger partial charge in [-0.3, -0.25) is 9.59 Å². The van der Waals surface area contributed by atoms with Crippen molar-refractivity contribution in [1.29, 1.82) is 0 Å². The van der Waals surface area contributed by atoms with E-state index in [1.54, 1.807) is 0 Å². The van der Waals surface area contributed by atoms with Crippen LogP contribution in [-0.4, -0.2) is 23.1 Å². The van der Waals surface area contributed by atoms with Gasteiger partial charge in [0.05, 0.1) is 0 Å². The first-order valence-corrected chi connectivity index (χ1v) is 16.0. The lowest BCUT2D eigenvalue weighted by Gasteiger charge is -2.18. The Labute approximate surface area is 235 Å². The average Bonchev–Trinajstić information content (AvgIpc) is 2.90. The molecule has 4 heteroatoms. The highest BCUT2D eigenvalue weighted by Crippen LogP contribution is 2.17. The highest BCUT2D eigenvalue weighted by Gasteiger charge is 2.13. The van der Waals surface area contributed by atoms with E-state index < -0.39 is 5.97 Å². The predicted octanol–water partition coefficient (Wildman–Crippen LogP) is 10.7. The number of carbonyl (C=O) groups is 2. The number of carboxylic acids is 1. The molecule has 0 rings (SSSR count). The zero-order chi connectivity index (χ0) is 27.9. The Bertz CT molecular complexity index is 620. The summed E-state index contributed by atoms with van der Waals surface area (Å²) in [6, 6.07) is 0. The molecule has 0 aliphatic heterocycles. The summed E-state index contributed by atoms with van der Waals surface area (Å²) in [5, 5.41) is 8.69. The molecule has 0 bridgehead atoms. The number of hydrogen-bond acceptors (Lipinski definition) is 3. The van der Waals surface area contributed by atoms with E-state index in [1.807, 2.05) is 0 Å². The molecule has 4 nitrogen and oxygen atoms in total. The van der Waals surface area contributed by atoms with Crippen molar-refractivity contribution >= 4 is 11.9 Å². The Morgan fingerprint density at radius 1 is 0.605 bits per heavy atom. The van der Waals surface area contributed by atoms with E-state index in [0.29, 0.717) is 6.42 Å². The SMILES string of the molecule is CC/C=C\C/C=C\C/C=C\CCCCCCCCCC(=O)OC(CCCC)CCCCCCCCC(=O)O. The number of hydrogen-bond donors (Lipinski definition) is 1. The molecule has 1 unspecified atom stereocenters. The van der Waals surface area contributed by atoms with Gasteiger partial charge in [0, 0.05) is 12.8 Å². The van der Waals surface area contributed by atoms with Crippen molar-refractivity contribution in [2.75, 3.05) is 0 Å². The third-order valence-corrected chi connectivity index (χ3v) is 6.88. The van der Waals surface area contributed by atoms with Gasteiger partial charge in [0.15, 0.2) is 0 Å². The van der Waals surface area contributed by atoms with Crippen molar-refractivity contribution in [2.24, 2.45) is 0 Å². The zero-order valence-corrected chi connectivity index (χ0v) is 25.0. The molecule has 0 radical (unpaired) electrons. The standard InChI is InChI=1S/C34H60O4/c1-3-5-7-8-9-10-11-12-13-14-15-16-17-18-19-24-27-31-34(37)38-32(28-6-4-2)29-25-22-20-21-23-26-30-33(35)36/h5,7,9-10,12-13,32H,3-4,6,8,11,14-31H2,1-2H3,(H,35,36)/b7-5-,10-9-,13-12-. The molecule has 0 saturated heterocycles. The van der Waals surface area contributed by atoms with Gasteiger partial charge in [0.1, 0.15) is 6.10 Å². The van der Waals surface area contributed by atoms with Crippen molar-refractivity contribution in [1.82, 2.24) is 0 Å². The first-order chi connectivity index (χ1) is 18.6. The summed E-state index contributed by atoms with van der Waals surface area (Å²) < 4.78 is 5.84. The summed E-state index contributed by atoms with van der Waals surface area (Å²) in [6.45, 7) is 4.34. The smallest absolute Gasteiger partial charge is 0.306 e. The van der Waals surface area contributed by atoms with E-state index in [-0.39, 0.29) is 18.5 Å². The minimum absolute atomic E-state index is 0.0150. The van der Waals surface area contributed by atoms with Crippen LogP contribution in [0.5, 0.6) is 0 Å². The van der Waals surface area contributed by atoms with Gasteiger partial charge in [-0.15, -0.1) is 0 Å². The van der Waals surface area contributed by atoms with Crippen LogP contribution >= 0.6 is 0 Å². The van der Waals surface area contributed by atoms with Crippen molar-refractivity contribution < 1.29 is 19.4 Å². The summed E-state index contributed by atoms with van der Waals surface area (Å²) in [5.74, 6) is -0.714. The van der Waals surface area contributed by atoms with Crippen molar-refractivity contribution in [3.05, 3.63) is 36.5 Å². The molecule has 220 valence electrons. The van der Waals surface area contributed by atoms with Crippen LogP contribution < -0.4 is 0 Å². The fraction of sp³-hybridized carbons (Fsp3) is 0.765. The van der Waals surface area contributed by atoms with Gasteiger partial charge in [-0.05, 0) is 64.2 Å². The lowest BCUT2D eigenvalue weighted by Crippen LogP contribution is -2.18. The molecule has 1 N–H and O–H groups in total. The first-order valence-electron chi connectivity index (χ1n) is 16.0. The maximum absolute atomic E-state index is 12.4. The number of aliphatic carboxylic acids is 1. The molecule has 0 spiro atoms. The fourth-order valence-electron chi connectivity index (χ4n) is 4.54. The van der Waals surface area contributed by atoms with Gasteiger partial charge in [-0.25, -0.2) is 0 Å². The van der Waals surface area contributed by atoms with Crippen LogP contribution in [0.25, 0.3) is 0 Å². The largest absolute Gasteiger partial charge is 0.481 e. The molecular formula is C34H60O4. The highest BCUT2D eigenvalue weighted by molar-refractivity contribution is 5.69. The van der Waals surface area contributed by atoms with Crippen molar-refractivity contribution in [3.63, 3.8) is 0 Å². The second-order valence-corrected chi connectivity index (χ2v) is 10.6. The molecule has 0 aromatic rings. The number of ether oxygens (including phenoxy) is 1. The van der Waals surface area contributed by atoms with E-state index in [1.165, 1.54) is 38.5 Å². The quantitative estimate of drug-likeness (QED) is 0.0618. The number of carbonyl (C=O) groups excluding carboxylic acids is 1. The Hall–Kier alpha value is -1.84. The van der Waals surface area contributed by atoms with Gasteiger partial charge >= 0.3 is 11.9 Å². The number of carboxylic acid groups (broad SMARTS) is 1. The molecule has 0 saturated carbocycles. The Kier molecular flexibility index (Phi) is 28.3. The van der Waals surface area contributed by atoms with Crippen LogP contribution in [0.15, 0.2) is 36.5 Å².